The normalized spacial score (nSPS) is 22.6. The van der Waals surface area contributed by atoms with Crippen LogP contribution in [0.4, 0.5) is 4.79 Å². The van der Waals surface area contributed by atoms with Gasteiger partial charge in [0.15, 0.2) is 0 Å². The molecule has 1 aromatic carbocycles. The number of rotatable bonds is 4. The van der Waals surface area contributed by atoms with E-state index in [0.29, 0.717) is 39.1 Å². The molecule has 0 aliphatic carbocycles. The topological polar surface area (TPSA) is 77.8 Å². The summed E-state index contributed by atoms with van der Waals surface area (Å²) < 4.78 is 20.0. The molecule has 8 heteroatoms. The molecule has 0 unspecified atom stereocenters. The van der Waals surface area contributed by atoms with Gasteiger partial charge in [-0.25, -0.2) is 4.79 Å². The molecule has 3 aliphatic rings. The number of likely N-dealkylation sites (tertiary alicyclic amines) is 1. The van der Waals surface area contributed by atoms with E-state index in [9.17, 15) is 4.79 Å². The monoisotopic (exact) mass is 468 g/mol. The number of methoxy groups -OCH3 is 1. The lowest BCUT2D eigenvalue weighted by Crippen LogP contribution is -2.49. The van der Waals surface area contributed by atoms with Crippen LogP contribution >= 0.6 is 0 Å². The fourth-order valence-electron chi connectivity index (χ4n) is 5.89. The Hall–Kier alpha value is -2.58. The highest BCUT2D eigenvalue weighted by molar-refractivity contribution is 5.75. The number of nitrogens with one attached hydrogen (secondary N) is 1. The lowest BCUT2D eigenvalue weighted by molar-refractivity contribution is -0.00680. The van der Waals surface area contributed by atoms with Crippen molar-refractivity contribution in [3.63, 3.8) is 0 Å². The Balaban J connectivity index is 1.59. The van der Waals surface area contributed by atoms with E-state index in [1.165, 1.54) is 0 Å². The molecule has 1 amide bonds. The van der Waals surface area contributed by atoms with Gasteiger partial charge in [-0.05, 0) is 52.3 Å². The summed E-state index contributed by atoms with van der Waals surface area (Å²) >= 11 is 0. The third-order valence-electron chi connectivity index (χ3n) is 7.46. The lowest BCUT2D eigenvalue weighted by atomic mass is 9.79. The summed E-state index contributed by atoms with van der Waals surface area (Å²) in [5.41, 5.74) is 3.76. The number of aromatic nitrogens is 2. The number of carbonyl (C=O) groups excluding carboxylic acids is 1. The molecular weight excluding hydrogens is 432 g/mol. The van der Waals surface area contributed by atoms with Crippen LogP contribution in [0.25, 0.3) is 11.3 Å². The molecule has 5 rings (SSSR count). The minimum atomic E-state index is -0.540. The minimum Gasteiger partial charge on any atom is -0.482 e. The largest absolute Gasteiger partial charge is 0.482 e. The molecule has 0 bridgehead atoms. The van der Waals surface area contributed by atoms with E-state index in [2.05, 4.69) is 29.9 Å². The second-order valence-electron chi connectivity index (χ2n) is 10.3. The molecule has 2 fully saturated rings. The summed E-state index contributed by atoms with van der Waals surface area (Å²) in [5, 5.41) is 8.88. The summed E-state index contributed by atoms with van der Waals surface area (Å²) in [6, 6.07) is 8.45. The van der Waals surface area contributed by atoms with Crippen molar-refractivity contribution in [2.24, 2.45) is 0 Å². The van der Waals surface area contributed by atoms with Crippen LogP contribution in [0.2, 0.25) is 0 Å². The number of hydrogen-bond donors (Lipinski definition) is 1. The molecule has 8 nitrogen and oxygen atoms in total. The summed E-state index contributed by atoms with van der Waals surface area (Å²) in [6.45, 7) is 9.32. The van der Waals surface area contributed by atoms with Gasteiger partial charge in [-0.1, -0.05) is 12.1 Å². The van der Waals surface area contributed by atoms with E-state index in [1.807, 2.05) is 25.1 Å². The van der Waals surface area contributed by atoms with Crippen LogP contribution in [0.1, 0.15) is 63.8 Å². The standard InChI is InChI=1S/C26H36N4O4/c1-5-33-24(31)29-14-11-26(12-15-29)22-20(17-32-4)30(18-10-13-27-25(2,3)16-18)28-23(22)19-8-6-7-9-21(19)34-26/h6-9,18,27H,5,10-17H2,1-4H3/t18-/m1/s1. The first kappa shape index (κ1) is 23.2. The van der Waals surface area contributed by atoms with Crippen molar-refractivity contribution in [2.45, 2.75) is 70.2 Å². The molecule has 1 spiro atoms. The van der Waals surface area contributed by atoms with Gasteiger partial charge in [0.1, 0.15) is 17.0 Å². The average Bonchev–Trinajstić information content (AvgIpc) is 3.20. The van der Waals surface area contributed by atoms with Crippen molar-refractivity contribution in [3.8, 4) is 17.0 Å². The highest BCUT2D eigenvalue weighted by atomic mass is 16.6. The molecule has 2 saturated heterocycles. The predicted octanol–water partition coefficient (Wildman–Crippen LogP) is 4.24. The molecule has 184 valence electrons. The maximum Gasteiger partial charge on any atom is 0.409 e. The smallest absolute Gasteiger partial charge is 0.409 e. The van der Waals surface area contributed by atoms with Crippen LogP contribution in [-0.4, -0.2) is 59.7 Å². The van der Waals surface area contributed by atoms with Crippen molar-refractivity contribution in [3.05, 3.63) is 35.5 Å². The molecular formula is C26H36N4O4. The summed E-state index contributed by atoms with van der Waals surface area (Å²) in [4.78, 5) is 14.2. The SMILES string of the molecule is CCOC(=O)N1CCC2(CC1)Oc1ccccc1-c1nn([C@@H]3CCNC(C)(C)C3)c(COC)c12. The van der Waals surface area contributed by atoms with Gasteiger partial charge >= 0.3 is 6.09 Å². The van der Waals surface area contributed by atoms with Gasteiger partial charge in [-0.2, -0.15) is 5.10 Å². The number of nitrogens with zero attached hydrogens (tertiary/aromatic N) is 3. The van der Waals surface area contributed by atoms with E-state index in [4.69, 9.17) is 19.3 Å². The van der Waals surface area contributed by atoms with Crippen molar-refractivity contribution >= 4 is 6.09 Å². The number of para-hydroxylation sites is 1. The van der Waals surface area contributed by atoms with Gasteiger partial charge in [-0.3, -0.25) is 4.68 Å². The van der Waals surface area contributed by atoms with Crippen LogP contribution in [-0.2, 0) is 21.7 Å². The molecule has 0 saturated carbocycles. The van der Waals surface area contributed by atoms with E-state index in [0.717, 1.165) is 47.7 Å². The van der Waals surface area contributed by atoms with Crippen LogP contribution in [0, 0.1) is 0 Å². The summed E-state index contributed by atoms with van der Waals surface area (Å²) in [6.07, 6.45) is 3.14. The fraction of sp³-hybridized carbons (Fsp3) is 0.615. The number of piperidine rings is 2. The third-order valence-corrected chi connectivity index (χ3v) is 7.46. The molecule has 1 atom stereocenters. The first-order valence-corrected chi connectivity index (χ1v) is 12.4. The number of hydrogen-bond acceptors (Lipinski definition) is 6. The van der Waals surface area contributed by atoms with Crippen molar-refractivity contribution in [1.82, 2.24) is 20.0 Å². The Morgan fingerprint density at radius 1 is 1.26 bits per heavy atom. The number of ether oxygens (including phenoxy) is 3. The van der Waals surface area contributed by atoms with Crippen LogP contribution < -0.4 is 10.1 Å². The minimum absolute atomic E-state index is 0.0524. The second kappa shape index (κ2) is 8.89. The highest BCUT2D eigenvalue weighted by Crippen LogP contribution is 2.51. The van der Waals surface area contributed by atoms with E-state index in [-0.39, 0.29) is 17.7 Å². The first-order valence-electron chi connectivity index (χ1n) is 12.4. The Bertz CT molecular complexity index is 1060. The second-order valence-corrected chi connectivity index (χ2v) is 10.3. The summed E-state index contributed by atoms with van der Waals surface area (Å²) in [5.74, 6) is 0.860. The number of benzene rings is 1. The number of fused-ring (bicyclic) bond motifs is 4. The molecule has 1 N–H and O–H groups in total. The molecule has 34 heavy (non-hydrogen) atoms. The molecule has 0 radical (unpaired) electrons. The highest BCUT2D eigenvalue weighted by Gasteiger charge is 2.48. The maximum atomic E-state index is 12.4. The van der Waals surface area contributed by atoms with Crippen LogP contribution in [0.3, 0.4) is 0 Å². The summed E-state index contributed by atoms with van der Waals surface area (Å²) in [7, 11) is 1.74. The zero-order valence-electron chi connectivity index (χ0n) is 20.7. The maximum absolute atomic E-state index is 12.4. The zero-order valence-corrected chi connectivity index (χ0v) is 20.7. The fourth-order valence-corrected chi connectivity index (χ4v) is 5.89. The van der Waals surface area contributed by atoms with Gasteiger partial charge in [0, 0.05) is 49.7 Å². The van der Waals surface area contributed by atoms with Crippen molar-refractivity contribution in [1.29, 1.82) is 0 Å². The average molecular weight is 469 g/mol. The number of carbonyl (C=O) groups is 1. The van der Waals surface area contributed by atoms with Gasteiger partial charge in [0.2, 0.25) is 0 Å². The number of amides is 1. The Morgan fingerprint density at radius 3 is 2.74 bits per heavy atom. The molecule has 3 aliphatic heterocycles. The van der Waals surface area contributed by atoms with E-state index in [1.54, 1.807) is 12.0 Å². The molecule has 1 aromatic heterocycles. The van der Waals surface area contributed by atoms with Gasteiger partial charge in [0.25, 0.3) is 0 Å². The zero-order chi connectivity index (χ0) is 23.9. The van der Waals surface area contributed by atoms with Crippen molar-refractivity contribution in [2.75, 3.05) is 33.4 Å². The van der Waals surface area contributed by atoms with Crippen LogP contribution in [0.15, 0.2) is 24.3 Å². The Labute approximate surface area is 201 Å². The lowest BCUT2D eigenvalue weighted by Gasteiger charge is -2.44. The first-order chi connectivity index (χ1) is 16.4. The third kappa shape index (κ3) is 3.96. The van der Waals surface area contributed by atoms with Gasteiger partial charge in [0.05, 0.1) is 24.9 Å². The quantitative estimate of drug-likeness (QED) is 0.723. The van der Waals surface area contributed by atoms with Crippen LogP contribution in [0.5, 0.6) is 5.75 Å². The Morgan fingerprint density at radius 2 is 2.03 bits per heavy atom. The van der Waals surface area contributed by atoms with E-state index < -0.39 is 5.60 Å². The van der Waals surface area contributed by atoms with Crippen molar-refractivity contribution < 1.29 is 19.0 Å². The molecule has 4 heterocycles. The molecule has 2 aromatic rings. The van der Waals surface area contributed by atoms with E-state index >= 15 is 0 Å². The Kier molecular flexibility index (Phi) is 6.06. The van der Waals surface area contributed by atoms with Gasteiger partial charge < -0.3 is 24.4 Å². The van der Waals surface area contributed by atoms with Gasteiger partial charge in [-0.15, -0.1) is 0 Å². The predicted molar refractivity (Wildman–Crippen MR) is 129 cm³/mol.